The summed E-state index contributed by atoms with van der Waals surface area (Å²) in [5.74, 6) is -2.63. The first kappa shape index (κ1) is 21.4. The number of likely N-dealkylation sites (tertiary alicyclic amines) is 1. The number of carbonyl (C=O) groups excluding carboxylic acids is 1. The predicted molar refractivity (Wildman–Crippen MR) is 111 cm³/mol. The molecule has 1 aromatic heterocycles. The van der Waals surface area contributed by atoms with E-state index in [1.54, 1.807) is 0 Å². The number of amides is 1. The van der Waals surface area contributed by atoms with Gasteiger partial charge >= 0.3 is 0 Å². The molecule has 0 spiro atoms. The summed E-state index contributed by atoms with van der Waals surface area (Å²) < 4.78 is 39.9. The average Bonchev–Trinajstić information content (AvgIpc) is 2.65. The highest BCUT2D eigenvalue weighted by atomic mass is 19.2. The summed E-state index contributed by atoms with van der Waals surface area (Å²) in [6.07, 6.45) is 0. The normalized spacial score (nSPS) is 19.3. The molecule has 1 aromatic carbocycles. The number of nitrogens with one attached hydrogen (secondary N) is 2. The molecule has 0 bridgehead atoms. The number of hydrogen-bond donors (Lipinski definition) is 2. The van der Waals surface area contributed by atoms with Crippen LogP contribution in [0.5, 0.6) is 0 Å². The van der Waals surface area contributed by atoms with Gasteiger partial charge in [0.25, 0.3) is 0 Å². The van der Waals surface area contributed by atoms with Crippen LogP contribution < -0.4 is 15.5 Å². The number of nitrogens with zero attached hydrogens (tertiary/aromatic N) is 4. The fraction of sp³-hybridized carbons (Fsp3) is 0.476. The first-order chi connectivity index (χ1) is 14.6. The first-order valence-corrected chi connectivity index (χ1v) is 10.2. The summed E-state index contributed by atoms with van der Waals surface area (Å²) >= 11 is 0. The minimum absolute atomic E-state index is 0.0666. The molecule has 1 amide bonds. The standard InChI is InChI=1S/C21H25F3N6O/c1-10(2)18-20(31)27-17-11(3)25-21(28-19(17)29(18)4)26-13-8-30(9-13)7-12-5-14(22)16(24)15(23)6-12/h5-6,10,13,18H,7-9H2,1-4H3,(H,27,31)(H,25,26,28)/t18-/m0/s1. The van der Waals surface area contributed by atoms with Crippen molar-refractivity contribution in [1.82, 2.24) is 14.9 Å². The molecule has 0 unspecified atom stereocenters. The molecule has 7 nitrogen and oxygen atoms in total. The number of halogens is 3. The largest absolute Gasteiger partial charge is 0.349 e. The summed E-state index contributed by atoms with van der Waals surface area (Å²) in [5.41, 5.74) is 1.67. The van der Waals surface area contributed by atoms with Crippen molar-refractivity contribution in [2.45, 2.75) is 39.4 Å². The van der Waals surface area contributed by atoms with Crippen LogP contribution in [0.4, 0.5) is 30.6 Å². The van der Waals surface area contributed by atoms with Gasteiger partial charge in [0.1, 0.15) is 11.7 Å². The minimum Gasteiger partial charge on any atom is -0.349 e. The highest BCUT2D eigenvalue weighted by Gasteiger charge is 2.36. The topological polar surface area (TPSA) is 73.4 Å². The maximum atomic E-state index is 13.4. The molecule has 2 aromatic rings. The number of aryl methyl sites for hydroxylation is 1. The average molecular weight is 434 g/mol. The second-order valence-electron chi connectivity index (χ2n) is 8.53. The lowest BCUT2D eigenvalue weighted by Gasteiger charge is -2.40. The molecular formula is C21H25F3N6O. The van der Waals surface area contributed by atoms with Crippen molar-refractivity contribution in [3.8, 4) is 0 Å². The Bertz CT molecular complexity index is 1000. The Morgan fingerprint density at radius 3 is 2.45 bits per heavy atom. The number of fused-ring (bicyclic) bond motifs is 1. The maximum Gasteiger partial charge on any atom is 0.247 e. The Labute approximate surface area is 178 Å². The van der Waals surface area contributed by atoms with Gasteiger partial charge in [-0.2, -0.15) is 4.98 Å². The molecule has 31 heavy (non-hydrogen) atoms. The fourth-order valence-corrected chi connectivity index (χ4v) is 4.21. The molecular weight excluding hydrogens is 409 g/mol. The van der Waals surface area contributed by atoms with Crippen molar-refractivity contribution in [1.29, 1.82) is 0 Å². The van der Waals surface area contributed by atoms with Gasteiger partial charge in [-0.25, -0.2) is 18.2 Å². The molecule has 2 N–H and O–H groups in total. The Kier molecular flexibility index (Phi) is 5.50. The molecule has 3 heterocycles. The lowest BCUT2D eigenvalue weighted by molar-refractivity contribution is -0.118. The zero-order chi connectivity index (χ0) is 22.4. The summed E-state index contributed by atoms with van der Waals surface area (Å²) in [6.45, 7) is 7.37. The Morgan fingerprint density at radius 2 is 1.84 bits per heavy atom. The van der Waals surface area contributed by atoms with Crippen LogP contribution in [0.25, 0.3) is 0 Å². The van der Waals surface area contributed by atoms with Crippen molar-refractivity contribution in [3.63, 3.8) is 0 Å². The van der Waals surface area contributed by atoms with E-state index in [1.807, 2.05) is 37.6 Å². The quantitative estimate of drug-likeness (QED) is 0.705. The van der Waals surface area contributed by atoms with E-state index >= 15 is 0 Å². The second kappa shape index (κ2) is 7.99. The fourth-order valence-electron chi connectivity index (χ4n) is 4.21. The van der Waals surface area contributed by atoms with Crippen LogP contribution in [0.2, 0.25) is 0 Å². The third kappa shape index (κ3) is 4.04. The van der Waals surface area contributed by atoms with Gasteiger partial charge in [0.15, 0.2) is 23.3 Å². The van der Waals surface area contributed by atoms with Crippen LogP contribution in [0.1, 0.15) is 25.1 Å². The number of rotatable bonds is 5. The predicted octanol–water partition coefficient (Wildman–Crippen LogP) is 2.91. The van der Waals surface area contributed by atoms with Gasteiger partial charge in [0, 0.05) is 26.7 Å². The lowest BCUT2D eigenvalue weighted by Crippen LogP contribution is -2.54. The van der Waals surface area contributed by atoms with E-state index in [0.29, 0.717) is 48.3 Å². The molecule has 1 atom stereocenters. The molecule has 4 rings (SSSR count). The Hall–Kier alpha value is -2.88. The monoisotopic (exact) mass is 434 g/mol. The van der Waals surface area contributed by atoms with Gasteiger partial charge in [-0.3, -0.25) is 9.69 Å². The van der Waals surface area contributed by atoms with Gasteiger partial charge in [0.2, 0.25) is 11.9 Å². The molecule has 2 aliphatic heterocycles. The summed E-state index contributed by atoms with van der Waals surface area (Å²) in [4.78, 5) is 25.4. The zero-order valence-electron chi connectivity index (χ0n) is 17.8. The number of carbonyl (C=O) groups is 1. The van der Waals surface area contributed by atoms with E-state index in [-0.39, 0.29) is 23.9 Å². The molecule has 0 radical (unpaired) electrons. The number of benzene rings is 1. The molecule has 10 heteroatoms. The van der Waals surface area contributed by atoms with Crippen LogP contribution >= 0.6 is 0 Å². The molecule has 2 aliphatic rings. The minimum atomic E-state index is -1.45. The van der Waals surface area contributed by atoms with Gasteiger partial charge in [0.05, 0.1) is 11.7 Å². The Morgan fingerprint density at radius 1 is 1.19 bits per heavy atom. The Balaban J connectivity index is 1.42. The van der Waals surface area contributed by atoms with Crippen LogP contribution in [-0.2, 0) is 11.3 Å². The van der Waals surface area contributed by atoms with E-state index in [1.165, 1.54) is 0 Å². The van der Waals surface area contributed by atoms with E-state index in [4.69, 9.17) is 0 Å². The van der Waals surface area contributed by atoms with Crippen molar-refractivity contribution in [2.24, 2.45) is 5.92 Å². The van der Waals surface area contributed by atoms with E-state index in [2.05, 4.69) is 20.6 Å². The third-order valence-corrected chi connectivity index (χ3v) is 5.71. The van der Waals surface area contributed by atoms with Gasteiger partial charge in [-0.1, -0.05) is 13.8 Å². The highest BCUT2D eigenvalue weighted by Crippen LogP contribution is 2.34. The molecule has 166 valence electrons. The highest BCUT2D eigenvalue weighted by molar-refractivity contribution is 6.03. The lowest BCUT2D eigenvalue weighted by atomic mass is 9.99. The molecule has 1 saturated heterocycles. The number of likely N-dealkylation sites (N-methyl/N-ethyl adjacent to an activating group) is 1. The molecule has 0 aliphatic carbocycles. The number of anilines is 3. The summed E-state index contributed by atoms with van der Waals surface area (Å²) in [7, 11) is 1.85. The van der Waals surface area contributed by atoms with Crippen molar-refractivity contribution in [2.75, 3.05) is 35.7 Å². The van der Waals surface area contributed by atoms with Crippen LogP contribution in [0.3, 0.4) is 0 Å². The van der Waals surface area contributed by atoms with E-state index in [0.717, 1.165) is 12.1 Å². The van der Waals surface area contributed by atoms with Gasteiger partial charge in [-0.05, 0) is 30.5 Å². The number of hydrogen-bond acceptors (Lipinski definition) is 6. The van der Waals surface area contributed by atoms with Crippen molar-refractivity contribution >= 4 is 23.4 Å². The van der Waals surface area contributed by atoms with Crippen LogP contribution in [-0.4, -0.2) is 53.0 Å². The smallest absolute Gasteiger partial charge is 0.247 e. The molecule has 0 saturated carbocycles. The number of aromatic nitrogens is 2. The van der Waals surface area contributed by atoms with Crippen molar-refractivity contribution < 1.29 is 18.0 Å². The third-order valence-electron chi connectivity index (χ3n) is 5.71. The van der Waals surface area contributed by atoms with Gasteiger partial charge in [-0.15, -0.1) is 0 Å². The van der Waals surface area contributed by atoms with Crippen molar-refractivity contribution in [3.05, 3.63) is 40.8 Å². The second-order valence-corrected chi connectivity index (χ2v) is 8.53. The van der Waals surface area contributed by atoms with E-state index < -0.39 is 17.5 Å². The van der Waals surface area contributed by atoms with Crippen LogP contribution in [0.15, 0.2) is 12.1 Å². The SMILES string of the molecule is Cc1nc(NC2CN(Cc3cc(F)c(F)c(F)c3)C2)nc2c1NC(=O)[C@H](C(C)C)N2C. The maximum absolute atomic E-state index is 13.4. The van der Waals surface area contributed by atoms with Gasteiger partial charge < -0.3 is 15.5 Å². The molecule has 1 fully saturated rings. The van der Waals surface area contributed by atoms with Crippen LogP contribution in [0, 0.1) is 30.3 Å². The summed E-state index contributed by atoms with van der Waals surface area (Å²) in [5, 5.41) is 6.20. The first-order valence-electron chi connectivity index (χ1n) is 10.2. The zero-order valence-corrected chi connectivity index (χ0v) is 17.8. The van der Waals surface area contributed by atoms with E-state index in [9.17, 15) is 18.0 Å². The summed E-state index contributed by atoms with van der Waals surface area (Å²) in [6, 6.07) is 1.79.